The molecule has 0 saturated carbocycles. The number of aromatic nitrogens is 1. The summed E-state index contributed by atoms with van der Waals surface area (Å²) in [5, 5.41) is 0. The predicted octanol–water partition coefficient (Wildman–Crippen LogP) is 2.17. The summed E-state index contributed by atoms with van der Waals surface area (Å²) in [7, 11) is 0. The number of benzene rings is 1. The molecule has 3 aromatic rings. The summed E-state index contributed by atoms with van der Waals surface area (Å²) < 4.78 is 6.96. The minimum absolute atomic E-state index is 0.131. The monoisotopic (exact) mass is 227 g/mol. The van der Waals surface area contributed by atoms with Gasteiger partial charge in [0.25, 0.3) is 5.56 Å². The Balaban J connectivity index is 2.61. The van der Waals surface area contributed by atoms with Gasteiger partial charge in [0, 0.05) is 6.07 Å². The normalized spacial score (nSPS) is 11.1. The van der Waals surface area contributed by atoms with E-state index < -0.39 is 0 Å². The lowest BCUT2D eigenvalue weighted by atomic mass is 10.2. The minimum Gasteiger partial charge on any atom is -0.438 e. The number of carbonyl (C=O) groups excluding carboxylic acids is 1. The number of oxazole rings is 1. The van der Waals surface area contributed by atoms with E-state index in [-0.39, 0.29) is 11.1 Å². The fraction of sp³-hybridized carbons (Fsp3) is 0.0769. The Morgan fingerprint density at radius 1 is 1.24 bits per heavy atom. The molecule has 3 rings (SSSR count). The molecule has 0 aliphatic carbocycles. The first kappa shape index (κ1) is 9.84. The molecule has 2 aromatic heterocycles. The van der Waals surface area contributed by atoms with Crippen molar-refractivity contribution >= 4 is 23.1 Å². The van der Waals surface area contributed by atoms with Crippen LogP contribution in [0.4, 0.5) is 0 Å². The van der Waals surface area contributed by atoms with Crippen LogP contribution in [-0.2, 0) is 0 Å². The van der Waals surface area contributed by atoms with Crippen LogP contribution < -0.4 is 5.56 Å². The maximum Gasteiger partial charge on any atom is 0.268 e. The van der Waals surface area contributed by atoms with E-state index in [4.69, 9.17) is 4.42 Å². The molecule has 0 fully saturated rings. The molecule has 0 amide bonds. The molecule has 0 aliphatic heterocycles. The lowest BCUT2D eigenvalue weighted by Crippen LogP contribution is -2.16. The van der Waals surface area contributed by atoms with E-state index in [0.29, 0.717) is 23.1 Å². The highest BCUT2D eigenvalue weighted by molar-refractivity contribution is 5.80. The van der Waals surface area contributed by atoms with Gasteiger partial charge in [0.1, 0.15) is 0 Å². The van der Waals surface area contributed by atoms with Crippen LogP contribution in [0.25, 0.3) is 16.8 Å². The Bertz CT molecular complexity index is 795. The van der Waals surface area contributed by atoms with E-state index in [1.165, 1.54) is 10.5 Å². The first-order valence-electron chi connectivity index (χ1n) is 5.21. The third-order valence-electron chi connectivity index (χ3n) is 2.77. The topological polar surface area (TPSA) is 51.7 Å². The molecule has 0 aliphatic rings. The van der Waals surface area contributed by atoms with Crippen LogP contribution in [0.5, 0.6) is 0 Å². The third kappa shape index (κ3) is 1.30. The van der Waals surface area contributed by atoms with Gasteiger partial charge in [-0.15, -0.1) is 0 Å². The first-order chi connectivity index (χ1) is 8.20. The van der Waals surface area contributed by atoms with Gasteiger partial charge < -0.3 is 4.42 Å². The number of aldehydes is 1. The van der Waals surface area contributed by atoms with Crippen LogP contribution >= 0.6 is 0 Å². The van der Waals surface area contributed by atoms with Gasteiger partial charge in [-0.05, 0) is 30.7 Å². The Kier molecular flexibility index (Phi) is 1.92. The summed E-state index contributed by atoms with van der Waals surface area (Å²) in [6.07, 6.45) is 0.559. The van der Waals surface area contributed by atoms with Gasteiger partial charge in [-0.1, -0.05) is 6.07 Å². The van der Waals surface area contributed by atoms with E-state index >= 15 is 0 Å². The lowest BCUT2D eigenvalue weighted by Gasteiger charge is -1.94. The summed E-state index contributed by atoms with van der Waals surface area (Å²) >= 11 is 0. The molecule has 0 saturated heterocycles. The molecule has 0 atom stereocenters. The Morgan fingerprint density at radius 2 is 2.06 bits per heavy atom. The molecule has 0 bridgehead atoms. The molecule has 2 heterocycles. The quantitative estimate of drug-likeness (QED) is 0.598. The molecule has 0 unspecified atom stereocenters. The minimum atomic E-state index is -0.346. The first-order valence-corrected chi connectivity index (χ1v) is 5.21. The zero-order valence-electron chi connectivity index (χ0n) is 9.14. The van der Waals surface area contributed by atoms with E-state index in [9.17, 15) is 9.59 Å². The van der Waals surface area contributed by atoms with Crippen LogP contribution in [0.2, 0.25) is 0 Å². The summed E-state index contributed by atoms with van der Waals surface area (Å²) in [6, 6.07) is 8.69. The average Bonchev–Trinajstić information content (AvgIpc) is 2.68. The van der Waals surface area contributed by atoms with Crippen molar-refractivity contribution in [1.29, 1.82) is 0 Å². The second-order valence-electron chi connectivity index (χ2n) is 3.96. The van der Waals surface area contributed by atoms with Crippen molar-refractivity contribution in [3.63, 3.8) is 0 Å². The van der Waals surface area contributed by atoms with E-state index in [1.54, 1.807) is 6.07 Å². The third-order valence-corrected chi connectivity index (χ3v) is 2.77. The number of rotatable bonds is 1. The van der Waals surface area contributed by atoms with Gasteiger partial charge in [-0.2, -0.15) is 0 Å². The van der Waals surface area contributed by atoms with Crippen molar-refractivity contribution in [2.75, 3.05) is 0 Å². The van der Waals surface area contributed by atoms with Crippen LogP contribution in [-0.4, -0.2) is 10.7 Å². The number of hydrogen-bond acceptors (Lipinski definition) is 3. The second-order valence-corrected chi connectivity index (χ2v) is 3.96. The van der Waals surface area contributed by atoms with Gasteiger partial charge in [-0.3, -0.25) is 9.59 Å². The Hall–Kier alpha value is -2.36. The molecule has 0 N–H and O–H groups in total. The molecule has 0 radical (unpaired) electrons. The number of pyridine rings is 1. The predicted molar refractivity (Wildman–Crippen MR) is 63.6 cm³/mol. The van der Waals surface area contributed by atoms with Gasteiger partial charge >= 0.3 is 0 Å². The summed E-state index contributed by atoms with van der Waals surface area (Å²) in [6.45, 7) is 1.94. The van der Waals surface area contributed by atoms with Gasteiger partial charge in [0.15, 0.2) is 11.9 Å². The van der Waals surface area contributed by atoms with Crippen LogP contribution in [0.3, 0.4) is 0 Å². The molecular formula is C13H9NO3. The van der Waals surface area contributed by atoms with Crippen molar-refractivity contribution in [2.24, 2.45) is 0 Å². The van der Waals surface area contributed by atoms with Crippen molar-refractivity contribution < 1.29 is 9.21 Å². The number of fused-ring (bicyclic) bond motifs is 3. The molecule has 4 heteroatoms. The molecule has 0 spiro atoms. The Morgan fingerprint density at radius 3 is 2.82 bits per heavy atom. The fourth-order valence-electron chi connectivity index (χ4n) is 1.93. The highest BCUT2D eigenvalue weighted by Crippen LogP contribution is 2.19. The number of aryl methyl sites for hydroxylation is 1. The van der Waals surface area contributed by atoms with Crippen molar-refractivity contribution in [3.05, 3.63) is 51.8 Å². The fourth-order valence-corrected chi connectivity index (χ4v) is 1.93. The summed E-state index contributed by atoms with van der Waals surface area (Å²) in [4.78, 5) is 22.8. The number of carbonyl (C=O) groups is 1. The molecule has 17 heavy (non-hydrogen) atoms. The molecule has 4 nitrogen and oxygen atoms in total. The smallest absolute Gasteiger partial charge is 0.268 e. The Labute approximate surface area is 96.1 Å². The maximum atomic E-state index is 12.0. The number of nitrogens with zero attached hydrogens (tertiary/aromatic N) is 1. The second kappa shape index (κ2) is 3.31. The van der Waals surface area contributed by atoms with Crippen LogP contribution in [0.1, 0.15) is 15.9 Å². The van der Waals surface area contributed by atoms with Crippen molar-refractivity contribution in [1.82, 2.24) is 4.40 Å². The zero-order chi connectivity index (χ0) is 12.0. The molecule has 84 valence electrons. The zero-order valence-corrected chi connectivity index (χ0v) is 9.14. The van der Waals surface area contributed by atoms with Gasteiger partial charge in [0.2, 0.25) is 5.71 Å². The average molecular weight is 227 g/mol. The highest BCUT2D eigenvalue weighted by atomic mass is 16.3. The number of hydrogen-bond donors (Lipinski definition) is 0. The molecular weight excluding hydrogens is 218 g/mol. The van der Waals surface area contributed by atoms with E-state index in [2.05, 4.69) is 0 Å². The largest absolute Gasteiger partial charge is 0.438 e. The lowest BCUT2D eigenvalue weighted by molar-refractivity contribution is 0.112. The van der Waals surface area contributed by atoms with E-state index in [1.807, 2.05) is 25.1 Å². The molecule has 1 aromatic carbocycles. The maximum absolute atomic E-state index is 12.0. The van der Waals surface area contributed by atoms with Crippen LogP contribution in [0, 0.1) is 6.92 Å². The van der Waals surface area contributed by atoms with Gasteiger partial charge in [0.05, 0.1) is 11.1 Å². The summed E-state index contributed by atoms with van der Waals surface area (Å²) in [5.74, 6) is 0. The summed E-state index contributed by atoms with van der Waals surface area (Å²) in [5.41, 5.74) is 2.59. The SMILES string of the molecule is Cc1ccc2oc3ccc(C=O)c(=O)n3c2c1. The highest BCUT2D eigenvalue weighted by Gasteiger charge is 2.10. The van der Waals surface area contributed by atoms with Crippen molar-refractivity contribution in [2.45, 2.75) is 6.92 Å². The van der Waals surface area contributed by atoms with Gasteiger partial charge in [-0.25, -0.2) is 4.40 Å². The van der Waals surface area contributed by atoms with E-state index in [0.717, 1.165) is 5.56 Å². The van der Waals surface area contributed by atoms with Crippen molar-refractivity contribution in [3.8, 4) is 0 Å². The van der Waals surface area contributed by atoms with Crippen LogP contribution in [0.15, 0.2) is 39.5 Å². The standard InChI is InChI=1S/C13H9NO3/c1-8-2-4-11-10(6-8)14-12(17-11)5-3-9(7-15)13(14)16/h2-7H,1H3.